The lowest BCUT2D eigenvalue weighted by atomic mass is 10.1. The van der Waals surface area contributed by atoms with Gasteiger partial charge in [-0.2, -0.15) is 0 Å². The van der Waals surface area contributed by atoms with Gasteiger partial charge in [-0.25, -0.2) is 4.98 Å². The second kappa shape index (κ2) is 6.71. The van der Waals surface area contributed by atoms with E-state index in [-0.39, 0.29) is 0 Å². The van der Waals surface area contributed by atoms with Gasteiger partial charge in [-0.15, -0.1) is 0 Å². The number of anilines is 1. The zero-order valence-corrected chi connectivity index (χ0v) is 11.5. The van der Waals surface area contributed by atoms with Gasteiger partial charge in [0.15, 0.2) is 0 Å². The van der Waals surface area contributed by atoms with Gasteiger partial charge in [0.25, 0.3) is 0 Å². The number of likely N-dealkylation sites (N-methyl/N-ethyl adjacent to an activating group) is 1. The van der Waals surface area contributed by atoms with E-state index in [4.69, 9.17) is 0 Å². The molecule has 2 rings (SSSR count). The van der Waals surface area contributed by atoms with Gasteiger partial charge < -0.3 is 10.2 Å². The fraction of sp³-hybridized carbons (Fsp3) is 0.643. The summed E-state index contributed by atoms with van der Waals surface area (Å²) in [5.41, 5.74) is 0. The van der Waals surface area contributed by atoms with Crippen molar-refractivity contribution in [2.75, 3.05) is 44.7 Å². The van der Waals surface area contributed by atoms with Crippen molar-refractivity contribution in [2.45, 2.75) is 19.4 Å². The van der Waals surface area contributed by atoms with E-state index < -0.39 is 0 Å². The predicted molar refractivity (Wildman–Crippen MR) is 76.0 cm³/mol. The summed E-state index contributed by atoms with van der Waals surface area (Å²) in [6, 6.07) is 6.80. The third kappa shape index (κ3) is 3.21. The Morgan fingerprint density at radius 3 is 2.61 bits per heavy atom. The monoisotopic (exact) mass is 248 g/mol. The van der Waals surface area contributed by atoms with Crippen LogP contribution in [0, 0.1) is 0 Å². The third-order valence-electron chi connectivity index (χ3n) is 3.71. The molecule has 1 aromatic rings. The SMILES string of the molecule is CCC(CNC)N1CCN(c2ccccn2)CC1. The second-order valence-electron chi connectivity index (χ2n) is 4.83. The van der Waals surface area contributed by atoms with Crippen molar-refractivity contribution in [2.24, 2.45) is 0 Å². The first kappa shape index (κ1) is 13.3. The lowest BCUT2D eigenvalue weighted by molar-refractivity contribution is 0.178. The Kier molecular flexibility index (Phi) is 4.96. The highest BCUT2D eigenvalue weighted by molar-refractivity contribution is 5.38. The summed E-state index contributed by atoms with van der Waals surface area (Å²) in [6.07, 6.45) is 3.09. The fourth-order valence-corrected chi connectivity index (χ4v) is 2.62. The maximum absolute atomic E-state index is 4.42. The Morgan fingerprint density at radius 1 is 1.28 bits per heavy atom. The van der Waals surface area contributed by atoms with Crippen LogP contribution in [0.4, 0.5) is 5.82 Å². The standard InChI is InChI=1S/C14H24N4/c1-3-13(12-15-2)17-8-10-18(11-9-17)14-6-4-5-7-16-14/h4-7,13,15H,3,8-12H2,1-2H3. The van der Waals surface area contributed by atoms with Crippen molar-refractivity contribution in [1.82, 2.24) is 15.2 Å². The Balaban J connectivity index is 1.88. The molecule has 1 unspecified atom stereocenters. The number of nitrogens with zero attached hydrogens (tertiary/aromatic N) is 3. The first-order valence-corrected chi connectivity index (χ1v) is 6.89. The zero-order chi connectivity index (χ0) is 12.8. The number of aromatic nitrogens is 1. The molecular formula is C14H24N4. The molecule has 1 fully saturated rings. The average molecular weight is 248 g/mol. The fourth-order valence-electron chi connectivity index (χ4n) is 2.62. The van der Waals surface area contributed by atoms with Crippen LogP contribution in [0.2, 0.25) is 0 Å². The van der Waals surface area contributed by atoms with Crippen molar-refractivity contribution < 1.29 is 0 Å². The quantitative estimate of drug-likeness (QED) is 0.848. The molecule has 4 nitrogen and oxygen atoms in total. The topological polar surface area (TPSA) is 31.4 Å². The molecule has 18 heavy (non-hydrogen) atoms. The summed E-state index contributed by atoms with van der Waals surface area (Å²) >= 11 is 0. The predicted octanol–water partition coefficient (Wildman–Crippen LogP) is 1.20. The Morgan fingerprint density at radius 2 is 2.06 bits per heavy atom. The van der Waals surface area contributed by atoms with Crippen LogP contribution in [0.15, 0.2) is 24.4 Å². The van der Waals surface area contributed by atoms with Crippen LogP contribution in [0.25, 0.3) is 0 Å². The molecule has 0 spiro atoms. The molecule has 0 saturated carbocycles. The Bertz CT molecular complexity index is 333. The molecule has 0 amide bonds. The number of nitrogens with one attached hydrogen (secondary N) is 1. The number of hydrogen-bond acceptors (Lipinski definition) is 4. The van der Waals surface area contributed by atoms with E-state index in [1.54, 1.807) is 0 Å². The number of hydrogen-bond donors (Lipinski definition) is 1. The molecule has 0 aliphatic carbocycles. The van der Waals surface area contributed by atoms with Gasteiger partial charge in [0.05, 0.1) is 0 Å². The molecule has 4 heteroatoms. The normalized spacial score (nSPS) is 18.9. The van der Waals surface area contributed by atoms with Gasteiger partial charge in [0, 0.05) is 45.0 Å². The highest BCUT2D eigenvalue weighted by Gasteiger charge is 2.22. The van der Waals surface area contributed by atoms with Gasteiger partial charge >= 0.3 is 0 Å². The molecule has 0 bridgehead atoms. The smallest absolute Gasteiger partial charge is 0.128 e. The van der Waals surface area contributed by atoms with Crippen LogP contribution in [0.5, 0.6) is 0 Å². The number of piperazine rings is 1. The molecule has 1 N–H and O–H groups in total. The molecular weight excluding hydrogens is 224 g/mol. The van der Waals surface area contributed by atoms with E-state index in [0.29, 0.717) is 6.04 Å². The van der Waals surface area contributed by atoms with Gasteiger partial charge in [0.1, 0.15) is 5.82 Å². The molecule has 1 atom stereocenters. The molecule has 1 aromatic heterocycles. The van der Waals surface area contributed by atoms with Crippen molar-refractivity contribution in [3.8, 4) is 0 Å². The lowest BCUT2D eigenvalue weighted by Crippen LogP contribution is -2.52. The first-order valence-electron chi connectivity index (χ1n) is 6.89. The largest absolute Gasteiger partial charge is 0.354 e. The van der Waals surface area contributed by atoms with Gasteiger partial charge in [-0.05, 0) is 25.6 Å². The van der Waals surface area contributed by atoms with E-state index in [0.717, 1.165) is 38.5 Å². The minimum absolute atomic E-state index is 0.667. The van der Waals surface area contributed by atoms with E-state index in [9.17, 15) is 0 Å². The first-order chi connectivity index (χ1) is 8.85. The molecule has 0 aromatic carbocycles. The van der Waals surface area contributed by atoms with Crippen LogP contribution >= 0.6 is 0 Å². The summed E-state index contributed by atoms with van der Waals surface area (Å²) in [4.78, 5) is 9.39. The Hall–Kier alpha value is -1.13. The summed E-state index contributed by atoms with van der Waals surface area (Å²) < 4.78 is 0. The second-order valence-corrected chi connectivity index (χ2v) is 4.83. The van der Waals surface area contributed by atoms with Crippen molar-refractivity contribution in [3.05, 3.63) is 24.4 Å². The Labute approximate surface area is 110 Å². The van der Waals surface area contributed by atoms with Crippen molar-refractivity contribution in [1.29, 1.82) is 0 Å². The molecule has 2 heterocycles. The van der Waals surface area contributed by atoms with Crippen LogP contribution in [-0.4, -0.2) is 55.7 Å². The molecule has 0 radical (unpaired) electrons. The minimum atomic E-state index is 0.667. The summed E-state index contributed by atoms with van der Waals surface area (Å²) in [5.74, 6) is 1.11. The minimum Gasteiger partial charge on any atom is -0.354 e. The van der Waals surface area contributed by atoms with E-state index in [1.807, 2.05) is 19.3 Å². The highest BCUT2D eigenvalue weighted by Crippen LogP contribution is 2.14. The summed E-state index contributed by atoms with van der Waals surface area (Å²) in [6.45, 7) is 7.79. The average Bonchev–Trinajstić information content (AvgIpc) is 2.46. The molecule has 1 aliphatic rings. The molecule has 1 saturated heterocycles. The van der Waals surface area contributed by atoms with Crippen molar-refractivity contribution in [3.63, 3.8) is 0 Å². The molecule has 1 aliphatic heterocycles. The number of pyridine rings is 1. The van der Waals surface area contributed by atoms with Crippen LogP contribution in [0.3, 0.4) is 0 Å². The van der Waals surface area contributed by atoms with E-state index in [2.05, 4.69) is 39.2 Å². The van der Waals surface area contributed by atoms with Crippen molar-refractivity contribution >= 4 is 5.82 Å². The maximum atomic E-state index is 4.42. The van der Waals surface area contributed by atoms with Gasteiger partial charge in [-0.3, -0.25) is 4.90 Å². The van der Waals surface area contributed by atoms with Crippen LogP contribution < -0.4 is 10.2 Å². The molecule has 100 valence electrons. The van der Waals surface area contributed by atoms with Crippen LogP contribution in [-0.2, 0) is 0 Å². The van der Waals surface area contributed by atoms with Crippen LogP contribution in [0.1, 0.15) is 13.3 Å². The van der Waals surface area contributed by atoms with Gasteiger partial charge in [-0.1, -0.05) is 13.0 Å². The van der Waals surface area contributed by atoms with E-state index >= 15 is 0 Å². The van der Waals surface area contributed by atoms with Gasteiger partial charge in [0.2, 0.25) is 0 Å². The maximum Gasteiger partial charge on any atom is 0.128 e. The summed E-state index contributed by atoms with van der Waals surface area (Å²) in [5, 5.41) is 3.29. The highest BCUT2D eigenvalue weighted by atomic mass is 15.3. The summed E-state index contributed by atoms with van der Waals surface area (Å²) in [7, 11) is 2.03. The van der Waals surface area contributed by atoms with E-state index in [1.165, 1.54) is 6.42 Å². The zero-order valence-electron chi connectivity index (χ0n) is 11.5. The number of rotatable bonds is 5. The lowest BCUT2D eigenvalue weighted by Gasteiger charge is -2.39. The third-order valence-corrected chi connectivity index (χ3v) is 3.71.